The van der Waals surface area contributed by atoms with Gasteiger partial charge in [0.2, 0.25) is 0 Å². The quantitative estimate of drug-likeness (QED) is 0.331. The molecule has 0 aliphatic rings. The highest BCUT2D eigenvalue weighted by Gasteiger charge is 2.09. The highest BCUT2D eigenvalue weighted by atomic mass is 16.5. The fourth-order valence-electron chi connectivity index (χ4n) is 3.59. The molecule has 31 heavy (non-hydrogen) atoms. The van der Waals surface area contributed by atoms with E-state index >= 15 is 0 Å². The number of rotatable bonds is 11. The number of imidazole rings is 1. The van der Waals surface area contributed by atoms with Crippen LogP contribution in [0.1, 0.15) is 56.1 Å². The number of benzene rings is 1. The number of ether oxygens (including phenoxy) is 1. The first kappa shape index (κ1) is 24.9. The van der Waals surface area contributed by atoms with E-state index in [2.05, 4.69) is 58.8 Å². The lowest BCUT2D eigenvalue weighted by Crippen LogP contribution is -2.28. The molecule has 0 aliphatic heterocycles. The molecule has 0 bridgehead atoms. The van der Waals surface area contributed by atoms with Crippen LogP contribution in [0.25, 0.3) is 28.2 Å². The van der Waals surface area contributed by atoms with Gasteiger partial charge >= 0.3 is 0 Å². The first-order valence-electron chi connectivity index (χ1n) is 11.5. The highest BCUT2D eigenvalue weighted by molar-refractivity contribution is 5.94. The molecular weight excluding hydrogens is 386 g/mol. The van der Waals surface area contributed by atoms with Gasteiger partial charge in [-0.2, -0.15) is 0 Å². The summed E-state index contributed by atoms with van der Waals surface area (Å²) in [4.78, 5) is 13.5. The van der Waals surface area contributed by atoms with Crippen LogP contribution in [0.15, 0.2) is 42.7 Å². The molecule has 0 amide bonds. The van der Waals surface area contributed by atoms with Gasteiger partial charge < -0.3 is 25.3 Å². The Kier molecular flexibility index (Phi) is 10.5. The van der Waals surface area contributed by atoms with Crippen LogP contribution in [0.3, 0.4) is 0 Å². The maximum atomic E-state index is 6.12. The zero-order chi connectivity index (χ0) is 22.6. The number of hydrogen-bond acceptors (Lipinski definition) is 4. The van der Waals surface area contributed by atoms with Crippen LogP contribution in [-0.2, 0) is 4.74 Å². The Bertz CT molecular complexity index is 920. The lowest BCUT2D eigenvalue weighted by Gasteiger charge is -2.20. The lowest BCUT2D eigenvalue weighted by molar-refractivity contribution is 0.0212. The molecule has 0 saturated heterocycles. The minimum atomic E-state index is -0.444. The van der Waals surface area contributed by atoms with Crippen molar-refractivity contribution in [3.8, 4) is 11.3 Å². The van der Waals surface area contributed by atoms with Crippen LogP contribution in [-0.4, -0.2) is 51.8 Å². The predicted octanol–water partition coefficient (Wildman–Crippen LogP) is 5.90. The van der Waals surface area contributed by atoms with Gasteiger partial charge in [0, 0.05) is 25.5 Å². The Labute approximate surface area is 189 Å². The van der Waals surface area contributed by atoms with Gasteiger partial charge in [0.25, 0.3) is 0 Å². The van der Waals surface area contributed by atoms with E-state index in [9.17, 15) is 0 Å². The highest BCUT2D eigenvalue weighted by Crippen LogP contribution is 2.26. The first-order chi connectivity index (χ1) is 15.1. The van der Waals surface area contributed by atoms with Crippen molar-refractivity contribution in [3.05, 3.63) is 48.6 Å². The fraction of sp³-hybridized carbons (Fsp3) is 0.480. The number of fused-ring (bicyclic) bond motifs is 1. The van der Waals surface area contributed by atoms with Crippen molar-refractivity contribution in [1.82, 2.24) is 19.9 Å². The van der Waals surface area contributed by atoms with Crippen molar-refractivity contribution in [3.63, 3.8) is 0 Å². The number of aromatic nitrogens is 3. The zero-order valence-corrected chi connectivity index (χ0v) is 19.7. The number of hydrogen-bond donors (Lipinski definition) is 3. The van der Waals surface area contributed by atoms with Crippen molar-refractivity contribution in [2.24, 2.45) is 5.73 Å². The Morgan fingerprint density at radius 2 is 2.00 bits per heavy atom. The molecule has 2 atom stereocenters. The molecule has 0 radical (unpaired) electrons. The molecule has 2 aromatic heterocycles. The average molecular weight is 430 g/mol. The maximum absolute atomic E-state index is 6.12. The van der Waals surface area contributed by atoms with Crippen LogP contribution in [0, 0.1) is 0 Å². The number of H-pyrrole nitrogens is 2. The third kappa shape index (κ3) is 7.35. The molecule has 3 aromatic rings. The van der Waals surface area contributed by atoms with E-state index in [0.29, 0.717) is 0 Å². The number of nitrogens with zero attached hydrogens (tertiary/aromatic N) is 2. The molecular formula is C25H43N5O. The van der Waals surface area contributed by atoms with E-state index in [1.165, 1.54) is 5.39 Å². The molecule has 1 aromatic carbocycles. The first-order valence-corrected chi connectivity index (χ1v) is 11.5. The Morgan fingerprint density at radius 3 is 2.74 bits per heavy atom. The molecule has 4 N–H and O–H groups in total. The summed E-state index contributed by atoms with van der Waals surface area (Å²) in [6, 6.07) is 8.27. The molecule has 6 heteroatoms. The normalized spacial score (nSPS) is 13.5. The van der Waals surface area contributed by atoms with Gasteiger partial charge in [-0.3, -0.25) is 0 Å². The smallest absolute Gasteiger partial charge is 0.130 e. The Balaban J connectivity index is 0.00000249. The maximum Gasteiger partial charge on any atom is 0.130 e. The van der Waals surface area contributed by atoms with Gasteiger partial charge in [0.1, 0.15) is 12.1 Å². The van der Waals surface area contributed by atoms with Crippen molar-refractivity contribution in [2.75, 3.05) is 19.6 Å². The minimum absolute atomic E-state index is 0. The number of aromatic amines is 2. The molecule has 174 valence electrons. The Hall–Kier alpha value is -2.41. The Morgan fingerprint density at radius 1 is 1.23 bits per heavy atom. The predicted molar refractivity (Wildman–Crippen MR) is 136 cm³/mol. The van der Waals surface area contributed by atoms with Crippen LogP contribution in [0.2, 0.25) is 0 Å². The SMILES string of the molecule is CC.CCN(CC)CCCC(C)OC(N)/C=C\c1ncc(-c2cccc3[nH]ccc23)[nH]1.[HH].[HH]. The summed E-state index contributed by atoms with van der Waals surface area (Å²) < 4.78 is 5.89. The third-order valence-electron chi connectivity index (χ3n) is 5.29. The summed E-state index contributed by atoms with van der Waals surface area (Å²) in [5, 5.41) is 1.17. The van der Waals surface area contributed by atoms with Gasteiger partial charge in [0.15, 0.2) is 0 Å². The van der Waals surface area contributed by atoms with Crippen molar-refractivity contribution in [2.45, 2.75) is 59.8 Å². The van der Waals surface area contributed by atoms with E-state index in [-0.39, 0.29) is 8.96 Å². The third-order valence-corrected chi connectivity index (χ3v) is 5.29. The summed E-state index contributed by atoms with van der Waals surface area (Å²) in [7, 11) is 0. The summed E-state index contributed by atoms with van der Waals surface area (Å²) in [5.74, 6) is 0.765. The minimum Gasteiger partial charge on any atom is -0.361 e. The summed E-state index contributed by atoms with van der Waals surface area (Å²) in [6.45, 7) is 13.8. The van der Waals surface area contributed by atoms with Gasteiger partial charge in [-0.1, -0.05) is 39.8 Å². The van der Waals surface area contributed by atoms with Crippen LogP contribution in [0.4, 0.5) is 0 Å². The molecule has 0 fully saturated rings. The second-order valence-electron chi connectivity index (χ2n) is 7.37. The van der Waals surface area contributed by atoms with E-state index in [1.807, 2.05) is 44.5 Å². The molecule has 0 spiro atoms. The fourth-order valence-corrected chi connectivity index (χ4v) is 3.59. The number of nitrogens with two attached hydrogens (primary N) is 1. The topological polar surface area (TPSA) is 83.0 Å². The van der Waals surface area contributed by atoms with E-state index < -0.39 is 6.23 Å². The summed E-state index contributed by atoms with van der Waals surface area (Å²) >= 11 is 0. The zero-order valence-electron chi connectivity index (χ0n) is 19.7. The van der Waals surface area contributed by atoms with Crippen molar-refractivity contribution < 1.29 is 7.59 Å². The van der Waals surface area contributed by atoms with E-state index in [0.717, 1.165) is 55.1 Å². The van der Waals surface area contributed by atoms with Crippen LogP contribution in [0.5, 0.6) is 0 Å². The van der Waals surface area contributed by atoms with Crippen molar-refractivity contribution in [1.29, 1.82) is 0 Å². The molecule has 3 rings (SSSR count). The van der Waals surface area contributed by atoms with Crippen LogP contribution >= 0.6 is 0 Å². The largest absolute Gasteiger partial charge is 0.361 e. The molecule has 2 unspecified atom stereocenters. The second-order valence-corrected chi connectivity index (χ2v) is 7.37. The molecule has 2 heterocycles. The molecule has 0 saturated carbocycles. The number of nitrogens with one attached hydrogen (secondary N) is 2. The molecule has 6 nitrogen and oxygen atoms in total. The van der Waals surface area contributed by atoms with E-state index in [4.69, 9.17) is 10.5 Å². The van der Waals surface area contributed by atoms with Gasteiger partial charge in [0.05, 0.1) is 18.0 Å². The summed E-state index contributed by atoms with van der Waals surface area (Å²) in [6.07, 6.45) is 9.33. The monoisotopic (exact) mass is 429 g/mol. The van der Waals surface area contributed by atoms with E-state index in [1.54, 1.807) is 0 Å². The standard InChI is InChI=1S/C23H33N5O.C2H6.2H2/c1-4-28(5-2)15-7-8-17(3)29-22(24)11-12-23-26-16-21(27-23)18-9-6-10-20-19(18)13-14-25-20;1-2;;/h6,9-14,16-17,22,25H,4-5,7-8,15,24H2,1-3H3,(H,26,27);1-2H3;2*1H/b12-11-;;;. The van der Waals surface area contributed by atoms with Gasteiger partial charge in [-0.05, 0) is 63.7 Å². The van der Waals surface area contributed by atoms with Crippen LogP contribution < -0.4 is 5.73 Å². The molecule has 0 aliphatic carbocycles. The van der Waals surface area contributed by atoms with Gasteiger partial charge in [-0.15, -0.1) is 0 Å². The second kappa shape index (κ2) is 13.1. The average Bonchev–Trinajstić information content (AvgIpc) is 3.46. The van der Waals surface area contributed by atoms with Crippen molar-refractivity contribution >= 4 is 17.0 Å². The lowest BCUT2D eigenvalue weighted by atomic mass is 10.1. The van der Waals surface area contributed by atoms with Gasteiger partial charge in [-0.25, -0.2) is 4.98 Å². The summed E-state index contributed by atoms with van der Waals surface area (Å²) in [5.41, 5.74) is 9.33.